The number of aryl methyl sites for hydroxylation is 1. The molecule has 3 heteroatoms. The van der Waals surface area contributed by atoms with Gasteiger partial charge < -0.3 is 15.2 Å². The molecule has 0 amide bonds. The van der Waals surface area contributed by atoms with Crippen molar-refractivity contribution in [1.82, 2.24) is 0 Å². The van der Waals surface area contributed by atoms with Gasteiger partial charge in [-0.15, -0.1) is 0 Å². The molecule has 0 radical (unpaired) electrons. The third kappa shape index (κ3) is 3.54. The molecule has 0 aliphatic heterocycles. The fraction of sp³-hybridized carbons (Fsp3) is 0.176. The molecule has 0 spiro atoms. The summed E-state index contributed by atoms with van der Waals surface area (Å²) in [5.74, 6) is 1.14. The Hall–Kier alpha value is -2.42. The van der Waals surface area contributed by atoms with Crippen molar-refractivity contribution in [2.45, 2.75) is 13.5 Å². The minimum atomic E-state index is 0.280. The Bertz CT molecular complexity index is 593. The summed E-state index contributed by atoms with van der Waals surface area (Å²) in [6.45, 7) is 6.78. The highest BCUT2D eigenvalue weighted by Gasteiger charge is 2.04. The van der Waals surface area contributed by atoms with Gasteiger partial charge in [0.2, 0.25) is 0 Å². The van der Waals surface area contributed by atoms with Crippen LogP contribution < -0.4 is 10.1 Å². The molecule has 2 aromatic rings. The van der Waals surface area contributed by atoms with Gasteiger partial charge in [-0.2, -0.15) is 0 Å². The number of ether oxygens (including phenoxy) is 1. The van der Waals surface area contributed by atoms with Gasteiger partial charge in [0.05, 0.1) is 0 Å². The van der Waals surface area contributed by atoms with Gasteiger partial charge in [-0.25, -0.2) is 0 Å². The van der Waals surface area contributed by atoms with Gasteiger partial charge in [-0.3, -0.25) is 0 Å². The Morgan fingerprint density at radius 3 is 2.80 bits per heavy atom. The highest BCUT2D eigenvalue weighted by molar-refractivity contribution is 5.54. The molecule has 2 aromatic carbocycles. The summed E-state index contributed by atoms with van der Waals surface area (Å²) in [5.41, 5.74) is 3.10. The summed E-state index contributed by atoms with van der Waals surface area (Å²) in [6, 6.07) is 13.2. The van der Waals surface area contributed by atoms with Crippen LogP contribution in [0.5, 0.6) is 11.5 Å². The van der Waals surface area contributed by atoms with E-state index >= 15 is 0 Å². The van der Waals surface area contributed by atoms with Crippen LogP contribution in [0.15, 0.2) is 55.1 Å². The van der Waals surface area contributed by atoms with Crippen molar-refractivity contribution in [2.24, 2.45) is 0 Å². The maximum absolute atomic E-state index is 9.41. The lowest BCUT2D eigenvalue weighted by molar-refractivity contribution is 0.359. The SMILES string of the molecule is C=CCOc1ccccc1CNc1ccc(O)cc1C. The van der Waals surface area contributed by atoms with Gasteiger partial charge >= 0.3 is 0 Å². The zero-order valence-corrected chi connectivity index (χ0v) is 11.6. The van der Waals surface area contributed by atoms with E-state index in [4.69, 9.17) is 4.74 Å². The van der Waals surface area contributed by atoms with Crippen LogP contribution >= 0.6 is 0 Å². The second-order valence-corrected chi connectivity index (χ2v) is 4.56. The minimum Gasteiger partial charge on any atom is -0.508 e. The second kappa shape index (κ2) is 6.66. The number of hydrogen-bond donors (Lipinski definition) is 2. The molecule has 0 aromatic heterocycles. The first-order valence-electron chi connectivity index (χ1n) is 6.56. The van der Waals surface area contributed by atoms with Crippen LogP contribution in [0.1, 0.15) is 11.1 Å². The predicted molar refractivity (Wildman–Crippen MR) is 82.3 cm³/mol. The molecule has 0 saturated carbocycles. The monoisotopic (exact) mass is 269 g/mol. The Labute approximate surface area is 119 Å². The van der Waals surface area contributed by atoms with Crippen molar-refractivity contribution in [3.63, 3.8) is 0 Å². The zero-order chi connectivity index (χ0) is 14.4. The quantitative estimate of drug-likeness (QED) is 0.617. The van der Waals surface area contributed by atoms with Crippen molar-refractivity contribution >= 4 is 5.69 Å². The van der Waals surface area contributed by atoms with E-state index in [0.29, 0.717) is 13.2 Å². The van der Waals surface area contributed by atoms with Crippen LogP contribution in [0.3, 0.4) is 0 Å². The molecule has 104 valence electrons. The predicted octanol–water partition coefficient (Wildman–Crippen LogP) is 3.88. The number of anilines is 1. The molecule has 0 aliphatic rings. The average Bonchev–Trinajstić information content (AvgIpc) is 2.45. The summed E-state index contributed by atoms with van der Waals surface area (Å²) < 4.78 is 5.63. The van der Waals surface area contributed by atoms with Crippen LogP contribution in [-0.2, 0) is 6.54 Å². The lowest BCUT2D eigenvalue weighted by Gasteiger charge is -2.13. The summed E-state index contributed by atoms with van der Waals surface area (Å²) in [5, 5.41) is 12.8. The molecular weight excluding hydrogens is 250 g/mol. The number of para-hydroxylation sites is 1. The third-order valence-electron chi connectivity index (χ3n) is 3.01. The zero-order valence-electron chi connectivity index (χ0n) is 11.6. The first-order valence-corrected chi connectivity index (χ1v) is 6.56. The van der Waals surface area contributed by atoms with Crippen LogP contribution in [-0.4, -0.2) is 11.7 Å². The standard InChI is InChI=1S/C17H19NO2/c1-3-10-20-17-7-5-4-6-14(17)12-18-16-9-8-15(19)11-13(16)2/h3-9,11,18-19H,1,10,12H2,2H3. The molecule has 0 saturated heterocycles. The minimum absolute atomic E-state index is 0.280. The largest absolute Gasteiger partial charge is 0.508 e. The fourth-order valence-corrected chi connectivity index (χ4v) is 1.98. The van der Waals surface area contributed by atoms with Gasteiger partial charge in [-0.1, -0.05) is 30.9 Å². The molecular formula is C17H19NO2. The maximum atomic E-state index is 9.41. The van der Waals surface area contributed by atoms with Gasteiger partial charge in [0.1, 0.15) is 18.1 Å². The summed E-state index contributed by atoms with van der Waals surface area (Å²) in [4.78, 5) is 0. The van der Waals surface area contributed by atoms with E-state index in [1.54, 1.807) is 18.2 Å². The number of rotatable bonds is 6. The first-order chi connectivity index (χ1) is 9.70. The van der Waals surface area contributed by atoms with E-state index in [2.05, 4.69) is 11.9 Å². The molecule has 2 rings (SSSR count). The topological polar surface area (TPSA) is 41.5 Å². The average molecular weight is 269 g/mol. The molecule has 0 atom stereocenters. The van der Waals surface area contributed by atoms with E-state index in [-0.39, 0.29) is 5.75 Å². The van der Waals surface area contributed by atoms with E-state index in [0.717, 1.165) is 22.6 Å². The number of phenolic OH excluding ortho intramolecular Hbond substituents is 1. The first kappa shape index (κ1) is 14.0. The number of aromatic hydroxyl groups is 1. The summed E-state index contributed by atoms with van der Waals surface area (Å²) in [6.07, 6.45) is 1.73. The molecule has 0 fully saturated rings. The fourth-order valence-electron chi connectivity index (χ4n) is 1.98. The highest BCUT2D eigenvalue weighted by Crippen LogP contribution is 2.23. The van der Waals surface area contributed by atoms with E-state index in [1.807, 2.05) is 37.3 Å². The lowest BCUT2D eigenvalue weighted by Crippen LogP contribution is -2.04. The maximum Gasteiger partial charge on any atom is 0.124 e. The van der Waals surface area contributed by atoms with Gasteiger partial charge in [-0.05, 0) is 36.8 Å². The third-order valence-corrected chi connectivity index (χ3v) is 3.01. The molecule has 0 heterocycles. The van der Waals surface area contributed by atoms with Crippen molar-refractivity contribution in [2.75, 3.05) is 11.9 Å². The molecule has 0 aliphatic carbocycles. The van der Waals surface area contributed by atoms with Gasteiger partial charge in [0, 0.05) is 17.8 Å². The molecule has 2 N–H and O–H groups in total. The van der Waals surface area contributed by atoms with Crippen LogP contribution in [0.2, 0.25) is 0 Å². The summed E-state index contributed by atoms with van der Waals surface area (Å²) in [7, 11) is 0. The lowest BCUT2D eigenvalue weighted by atomic mass is 10.1. The van der Waals surface area contributed by atoms with E-state index in [1.165, 1.54) is 0 Å². The Kier molecular flexibility index (Phi) is 4.66. The van der Waals surface area contributed by atoms with Crippen molar-refractivity contribution in [3.8, 4) is 11.5 Å². The summed E-state index contributed by atoms with van der Waals surface area (Å²) >= 11 is 0. The number of phenols is 1. The van der Waals surface area contributed by atoms with Gasteiger partial charge in [0.15, 0.2) is 0 Å². The van der Waals surface area contributed by atoms with Crippen LogP contribution in [0.4, 0.5) is 5.69 Å². The van der Waals surface area contributed by atoms with Crippen molar-refractivity contribution < 1.29 is 9.84 Å². The Balaban J connectivity index is 2.08. The van der Waals surface area contributed by atoms with Crippen molar-refractivity contribution in [1.29, 1.82) is 0 Å². The highest BCUT2D eigenvalue weighted by atomic mass is 16.5. The Morgan fingerprint density at radius 2 is 2.05 bits per heavy atom. The number of hydrogen-bond acceptors (Lipinski definition) is 3. The van der Waals surface area contributed by atoms with Crippen LogP contribution in [0, 0.1) is 6.92 Å². The second-order valence-electron chi connectivity index (χ2n) is 4.56. The smallest absolute Gasteiger partial charge is 0.124 e. The van der Waals surface area contributed by atoms with Crippen LogP contribution in [0.25, 0.3) is 0 Å². The number of benzene rings is 2. The number of nitrogens with one attached hydrogen (secondary N) is 1. The molecule has 0 unspecified atom stereocenters. The van der Waals surface area contributed by atoms with E-state index in [9.17, 15) is 5.11 Å². The normalized spacial score (nSPS) is 10.1. The molecule has 3 nitrogen and oxygen atoms in total. The van der Waals surface area contributed by atoms with Gasteiger partial charge in [0.25, 0.3) is 0 Å². The van der Waals surface area contributed by atoms with E-state index < -0.39 is 0 Å². The molecule has 0 bridgehead atoms. The molecule has 20 heavy (non-hydrogen) atoms. The Morgan fingerprint density at radius 1 is 1.25 bits per heavy atom. The van der Waals surface area contributed by atoms with Crippen molar-refractivity contribution in [3.05, 3.63) is 66.2 Å².